The first-order valence-corrected chi connectivity index (χ1v) is 6.26. The maximum absolute atomic E-state index is 8.92. The SMILES string of the molecule is COc1cc(COc2cc(N)ccc2Cl)ccc1C#N. The maximum Gasteiger partial charge on any atom is 0.140 e. The van der Waals surface area contributed by atoms with E-state index in [4.69, 9.17) is 32.1 Å². The lowest BCUT2D eigenvalue weighted by Gasteiger charge is -2.10. The van der Waals surface area contributed by atoms with Gasteiger partial charge in [0, 0.05) is 11.8 Å². The van der Waals surface area contributed by atoms with Gasteiger partial charge in [0.1, 0.15) is 24.2 Å². The minimum Gasteiger partial charge on any atom is -0.495 e. The molecule has 0 fully saturated rings. The molecule has 0 amide bonds. The Balaban J connectivity index is 2.15. The number of rotatable bonds is 4. The molecule has 0 aromatic heterocycles. The molecule has 0 spiro atoms. The minimum absolute atomic E-state index is 0.311. The largest absolute Gasteiger partial charge is 0.495 e. The van der Waals surface area contributed by atoms with Gasteiger partial charge in [0.15, 0.2) is 0 Å². The van der Waals surface area contributed by atoms with Crippen LogP contribution in [0.25, 0.3) is 0 Å². The van der Waals surface area contributed by atoms with Crippen molar-refractivity contribution in [3.63, 3.8) is 0 Å². The van der Waals surface area contributed by atoms with E-state index in [1.165, 1.54) is 7.11 Å². The molecule has 0 saturated carbocycles. The molecule has 0 bridgehead atoms. The van der Waals surface area contributed by atoms with Crippen LogP contribution in [0.2, 0.25) is 5.02 Å². The average molecular weight is 289 g/mol. The molecular formula is C15H13ClN2O2. The van der Waals surface area contributed by atoms with E-state index in [2.05, 4.69) is 6.07 Å². The van der Waals surface area contributed by atoms with Crippen molar-refractivity contribution in [2.75, 3.05) is 12.8 Å². The number of ether oxygens (including phenoxy) is 2. The van der Waals surface area contributed by atoms with E-state index >= 15 is 0 Å². The van der Waals surface area contributed by atoms with Crippen molar-refractivity contribution in [2.45, 2.75) is 6.61 Å². The smallest absolute Gasteiger partial charge is 0.140 e. The van der Waals surface area contributed by atoms with E-state index in [0.717, 1.165) is 5.56 Å². The fourth-order valence-electron chi connectivity index (χ4n) is 1.71. The highest BCUT2D eigenvalue weighted by Gasteiger charge is 2.06. The van der Waals surface area contributed by atoms with E-state index in [-0.39, 0.29) is 0 Å². The predicted molar refractivity (Wildman–Crippen MR) is 77.9 cm³/mol. The molecule has 0 heterocycles. The highest BCUT2D eigenvalue weighted by molar-refractivity contribution is 6.32. The number of hydrogen-bond acceptors (Lipinski definition) is 4. The lowest BCUT2D eigenvalue weighted by molar-refractivity contribution is 0.305. The van der Waals surface area contributed by atoms with Crippen LogP contribution in [0.15, 0.2) is 36.4 Å². The first-order valence-electron chi connectivity index (χ1n) is 5.89. The van der Waals surface area contributed by atoms with E-state index < -0.39 is 0 Å². The summed E-state index contributed by atoms with van der Waals surface area (Å²) in [7, 11) is 1.52. The van der Waals surface area contributed by atoms with Crippen LogP contribution in [-0.4, -0.2) is 7.11 Å². The Hall–Kier alpha value is -2.38. The predicted octanol–water partition coefficient (Wildman–Crippen LogP) is 3.38. The summed E-state index contributed by atoms with van der Waals surface area (Å²) >= 11 is 6.02. The molecule has 0 saturated heterocycles. The number of hydrogen-bond donors (Lipinski definition) is 1. The molecule has 0 radical (unpaired) electrons. The summed E-state index contributed by atoms with van der Waals surface area (Å²) in [6.07, 6.45) is 0. The van der Waals surface area contributed by atoms with Crippen LogP contribution in [0, 0.1) is 11.3 Å². The maximum atomic E-state index is 8.92. The summed E-state index contributed by atoms with van der Waals surface area (Å²) in [5.74, 6) is 1.04. The lowest BCUT2D eigenvalue weighted by Crippen LogP contribution is -1.98. The zero-order valence-electron chi connectivity index (χ0n) is 10.9. The first kappa shape index (κ1) is 14.0. The second-order valence-corrected chi connectivity index (χ2v) is 4.53. The van der Waals surface area contributed by atoms with Gasteiger partial charge in [-0.25, -0.2) is 0 Å². The van der Waals surface area contributed by atoms with Gasteiger partial charge < -0.3 is 15.2 Å². The molecule has 0 aliphatic heterocycles. The molecule has 2 rings (SSSR count). The Kier molecular flexibility index (Phi) is 4.34. The molecule has 20 heavy (non-hydrogen) atoms. The van der Waals surface area contributed by atoms with Gasteiger partial charge in [0.2, 0.25) is 0 Å². The fraction of sp³-hybridized carbons (Fsp3) is 0.133. The Labute approximate surface area is 122 Å². The third-order valence-electron chi connectivity index (χ3n) is 2.74. The summed E-state index contributed by atoms with van der Waals surface area (Å²) in [5.41, 5.74) is 7.63. The topological polar surface area (TPSA) is 68.3 Å². The number of anilines is 1. The van der Waals surface area contributed by atoms with Crippen molar-refractivity contribution < 1.29 is 9.47 Å². The van der Waals surface area contributed by atoms with Gasteiger partial charge in [-0.1, -0.05) is 17.7 Å². The second-order valence-electron chi connectivity index (χ2n) is 4.12. The molecule has 0 aliphatic rings. The van der Waals surface area contributed by atoms with Gasteiger partial charge in [-0.2, -0.15) is 5.26 Å². The number of methoxy groups -OCH3 is 1. The van der Waals surface area contributed by atoms with Crippen LogP contribution in [0.4, 0.5) is 5.69 Å². The monoisotopic (exact) mass is 288 g/mol. The van der Waals surface area contributed by atoms with Crippen LogP contribution >= 0.6 is 11.6 Å². The highest BCUT2D eigenvalue weighted by Crippen LogP contribution is 2.28. The molecular weight excluding hydrogens is 276 g/mol. The van der Waals surface area contributed by atoms with Gasteiger partial charge in [0.25, 0.3) is 0 Å². The van der Waals surface area contributed by atoms with Gasteiger partial charge in [-0.3, -0.25) is 0 Å². The van der Waals surface area contributed by atoms with Gasteiger partial charge >= 0.3 is 0 Å². The normalized spacial score (nSPS) is 9.85. The molecule has 2 N–H and O–H groups in total. The van der Waals surface area contributed by atoms with Crippen molar-refractivity contribution >= 4 is 17.3 Å². The standard InChI is InChI=1S/C15H13ClN2O2/c1-19-14-6-10(2-3-11(14)8-17)9-20-15-7-12(18)4-5-13(15)16/h2-7H,9,18H2,1H3. The van der Waals surface area contributed by atoms with Crippen molar-refractivity contribution in [3.8, 4) is 17.6 Å². The van der Waals surface area contributed by atoms with E-state index in [9.17, 15) is 0 Å². The number of benzene rings is 2. The number of nitrogen functional groups attached to an aromatic ring is 1. The Bertz CT molecular complexity index is 665. The molecule has 0 unspecified atom stereocenters. The lowest BCUT2D eigenvalue weighted by atomic mass is 10.1. The Morgan fingerprint density at radius 1 is 1.20 bits per heavy atom. The van der Waals surface area contributed by atoms with Crippen LogP contribution in [-0.2, 0) is 6.61 Å². The van der Waals surface area contributed by atoms with Crippen LogP contribution in [0.3, 0.4) is 0 Å². The third kappa shape index (κ3) is 3.14. The van der Waals surface area contributed by atoms with Crippen LogP contribution in [0.1, 0.15) is 11.1 Å². The van der Waals surface area contributed by atoms with Crippen LogP contribution in [0.5, 0.6) is 11.5 Å². The molecule has 4 nitrogen and oxygen atoms in total. The Morgan fingerprint density at radius 3 is 2.70 bits per heavy atom. The minimum atomic E-state index is 0.311. The zero-order chi connectivity index (χ0) is 14.5. The second kappa shape index (κ2) is 6.18. The molecule has 102 valence electrons. The Morgan fingerprint density at radius 2 is 2.00 bits per heavy atom. The quantitative estimate of drug-likeness (QED) is 0.876. The van der Waals surface area contributed by atoms with Crippen molar-refractivity contribution in [2.24, 2.45) is 0 Å². The number of nitrogens with two attached hydrogens (primary N) is 1. The first-order chi connectivity index (χ1) is 9.63. The van der Waals surface area contributed by atoms with E-state index in [1.54, 1.807) is 36.4 Å². The van der Waals surface area contributed by atoms with Gasteiger partial charge in [0.05, 0.1) is 17.7 Å². The number of nitrogens with zero attached hydrogens (tertiary/aromatic N) is 1. The molecule has 0 aliphatic carbocycles. The highest BCUT2D eigenvalue weighted by atomic mass is 35.5. The van der Waals surface area contributed by atoms with Gasteiger partial charge in [-0.05, 0) is 29.8 Å². The van der Waals surface area contributed by atoms with Crippen molar-refractivity contribution in [1.29, 1.82) is 5.26 Å². The number of halogens is 1. The van der Waals surface area contributed by atoms with E-state index in [1.807, 2.05) is 0 Å². The van der Waals surface area contributed by atoms with E-state index in [0.29, 0.717) is 34.4 Å². The summed E-state index contributed by atoms with van der Waals surface area (Å²) in [4.78, 5) is 0. The van der Waals surface area contributed by atoms with Gasteiger partial charge in [-0.15, -0.1) is 0 Å². The summed E-state index contributed by atoms with van der Waals surface area (Å²) in [6.45, 7) is 0.311. The molecule has 2 aromatic carbocycles. The average Bonchev–Trinajstić information content (AvgIpc) is 2.47. The third-order valence-corrected chi connectivity index (χ3v) is 3.05. The van der Waals surface area contributed by atoms with Crippen molar-refractivity contribution in [1.82, 2.24) is 0 Å². The number of nitriles is 1. The molecule has 0 atom stereocenters. The molecule has 2 aromatic rings. The fourth-order valence-corrected chi connectivity index (χ4v) is 1.88. The summed E-state index contributed by atoms with van der Waals surface area (Å²) in [6, 6.07) is 12.4. The summed E-state index contributed by atoms with van der Waals surface area (Å²) in [5, 5.41) is 9.42. The summed E-state index contributed by atoms with van der Waals surface area (Å²) < 4.78 is 10.8. The zero-order valence-corrected chi connectivity index (χ0v) is 11.6. The van der Waals surface area contributed by atoms with Crippen molar-refractivity contribution in [3.05, 3.63) is 52.5 Å². The van der Waals surface area contributed by atoms with Crippen LogP contribution < -0.4 is 15.2 Å². The molecule has 5 heteroatoms.